The minimum absolute atomic E-state index is 0.132. The quantitative estimate of drug-likeness (QED) is 0.375. The number of likely N-dealkylation sites (tertiary alicyclic amines) is 1. The Bertz CT molecular complexity index is 995. The molecule has 10 nitrogen and oxygen atoms in total. The van der Waals surface area contributed by atoms with E-state index in [0.717, 1.165) is 64.6 Å². The van der Waals surface area contributed by atoms with Crippen LogP contribution in [0.2, 0.25) is 0 Å². The van der Waals surface area contributed by atoms with Crippen LogP contribution in [0.15, 0.2) is 9.59 Å². The number of methoxy groups -OCH3 is 1. The monoisotopic (exact) mass is 449 g/mol. The summed E-state index contributed by atoms with van der Waals surface area (Å²) in [6.07, 6.45) is 7.30. The summed E-state index contributed by atoms with van der Waals surface area (Å²) in [4.78, 5) is 48.1. The van der Waals surface area contributed by atoms with Gasteiger partial charge >= 0.3 is 11.7 Å². The number of piperidine rings is 1. The number of carbonyl (C=O) groups is 1. The van der Waals surface area contributed by atoms with Crippen LogP contribution in [0, 0.1) is 5.92 Å². The zero-order valence-electron chi connectivity index (χ0n) is 19.2. The van der Waals surface area contributed by atoms with E-state index in [1.165, 1.54) is 11.7 Å². The number of H-pyrrole nitrogens is 2. The van der Waals surface area contributed by atoms with Crippen molar-refractivity contribution >= 4 is 17.1 Å². The molecule has 3 heterocycles. The molecule has 178 valence electrons. The number of nitrogens with one attached hydrogen (secondary N) is 2. The molecule has 1 saturated heterocycles. The molecular formula is C22H35N5O5. The molecule has 0 radical (unpaired) electrons. The third-order valence-corrected chi connectivity index (χ3v) is 5.99. The van der Waals surface area contributed by atoms with Crippen LogP contribution in [0.4, 0.5) is 0 Å². The van der Waals surface area contributed by atoms with Crippen molar-refractivity contribution in [3.8, 4) is 6.01 Å². The molecule has 0 bridgehead atoms. The van der Waals surface area contributed by atoms with Gasteiger partial charge in [-0.25, -0.2) is 4.79 Å². The number of fused-ring (bicyclic) bond motifs is 1. The van der Waals surface area contributed by atoms with E-state index in [9.17, 15) is 14.4 Å². The van der Waals surface area contributed by atoms with Gasteiger partial charge in [-0.15, -0.1) is 0 Å². The second-order valence-electron chi connectivity index (χ2n) is 8.50. The predicted molar refractivity (Wildman–Crippen MR) is 121 cm³/mol. The highest BCUT2D eigenvalue weighted by molar-refractivity contribution is 5.70. The van der Waals surface area contributed by atoms with Crippen molar-refractivity contribution in [2.45, 2.75) is 64.8 Å². The van der Waals surface area contributed by atoms with Crippen LogP contribution >= 0.6 is 0 Å². The molecule has 1 aliphatic rings. The van der Waals surface area contributed by atoms with E-state index >= 15 is 0 Å². The summed E-state index contributed by atoms with van der Waals surface area (Å²) in [7, 11) is 1.44. The summed E-state index contributed by atoms with van der Waals surface area (Å²) >= 11 is 0. The molecule has 0 amide bonds. The highest BCUT2D eigenvalue weighted by Crippen LogP contribution is 2.20. The number of aromatic nitrogens is 4. The Morgan fingerprint density at radius 1 is 1.16 bits per heavy atom. The molecule has 3 rings (SSSR count). The third-order valence-electron chi connectivity index (χ3n) is 5.99. The molecule has 0 aromatic carbocycles. The summed E-state index contributed by atoms with van der Waals surface area (Å²) in [5, 5.41) is 0. The lowest BCUT2D eigenvalue weighted by atomic mass is 9.94. The summed E-state index contributed by atoms with van der Waals surface area (Å²) in [6, 6.07) is 0.148. The second-order valence-corrected chi connectivity index (χ2v) is 8.50. The first-order valence-corrected chi connectivity index (χ1v) is 11.7. The average Bonchev–Trinajstić information content (AvgIpc) is 3.10. The van der Waals surface area contributed by atoms with E-state index in [0.29, 0.717) is 31.1 Å². The van der Waals surface area contributed by atoms with Gasteiger partial charge in [-0.3, -0.25) is 24.1 Å². The average molecular weight is 450 g/mol. The van der Waals surface area contributed by atoms with Crippen molar-refractivity contribution < 1.29 is 14.3 Å². The molecule has 32 heavy (non-hydrogen) atoms. The molecule has 2 aromatic rings. The van der Waals surface area contributed by atoms with Crippen LogP contribution in [-0.2, 0) is 16.1 Å². The normalized spacial score (nSPS) is 17.0. The standard InChI is InChI=1S/C22H35N5O5/c1-3-4-13-32-21-24-19-18(20(29)25-21)23-22(30)27(19)12-7-5-6-10-26-11-8-9-16(15-26)14-17(28)31-2/h16H,3-15H2,1-2H3,(H,23,30)(H,24,25,29). The smallest absolute Gasteiger partial charge is 0.327 e. The molecule has 10 heteroatoms. The molecule has 1 aliphatic heterocycles. The molecule has 1 unspecified atom stereocenters. The summed E-state index contributed by atoms with van der Waals surface area (Å²) in [5.41, 5.74) is -0.205. The SMILES string of the molecule is CCCCOc1nc2c([nH]c(=O)n2CCCCCN2CCCC(CC(=O)OC)C2)c(=O)[nH]1. The summed E-state index contributed by atoms with van der Waals surface area (Å²) in [6.45, 7) is 6.00. The molecule has 1 atom stereocenters. The van der Waals surface area contributed by atoms with E-state index in [4.69, 9.17) is 9.47 Å². The lowest BCUT2D eigenvalue weighted by Gasteiger charge is -2.32. The largest absolute Gasteiger partial charge is 0.469 e. The van der Waals surface area contributed by atoms with Gasteiger partial charge in [-0.1, -0.05) is 19.8 Å². The fourth-order valence-electron chi connectivity index (χ4n) is 4.23. The topological polar surface area (TPSA) is 122 Å². The molecular weight excluding hydrogens is 414 g/mol. The fraction of sp³-hybridized carbons (Fsp3) is 0.727. The van der Waals surface area contributed by atoms with Gasteiger partial charge in [0, 0.05) is 19.5 Å². The van der Waals surface area contributed by atoms with Gasteiger partial charge in [0.2, 0.25) is 0 Å². The Kier molecular flexibility index (Phi) is 8.90. The van der Waals surface area contributed by atoms with Crippen LogP contribution in [0.3, 0.4) is 0 Å². The highest BCUT2D eigenvalue weighted by Gasteiger charge is 2.22. The molecule has 0 saturated carbocycles. The first kappa shape index (κ1) is 24.0. The first-order chi connectivity index (χ1) is 15.5. The Morgan fingerprint density at radius 3 is 2.75 bits per heavy atom. The van der Waals surface area contributed by atoms with Crippen molar-refractivity contribution in [3.63, 3.8) is 0 Å². The maximum Gasteiger partial charge on any atom is 0.327 e. The number of aromatic amines is 2. The van der Waals surface area contributed by atoms with Crippen LogP contribution in [0.25, 0.3) is 11.2 Å². The zero-order chi connectivity index (χ0) is 22.9. The van der Waals surface area contributed by atoms with Gasteiger partial charge in [0.1, 0.15) is 0 Å². The maximum atomic E-state index is 12.4. The first-order valence-electron chi connectivity index (χ1n) is 11.7. The molecule has 1 fully saturated rings. The van der Waals surface area contributed by atoms with Crippen molar-refractivity contribution in [1.82, 2.24) is 24.4 Å². The fourth-order valence-corrected chi connectivity index (χ4v) is 4.23. The van der Waals surface area contributed by atoms with Crippen molar-refractivity contribution in [3.05, 3.63) is 20.8 Å². The van der Waals surface area contributed by atoms with Gasteiger partial charge in [-0.2, -0.15) is 4.98 Å². The van der Waals surface area contributed by atoms with E-state index in [-0.39, 0.29) is 23.2 Å². The van der Waals surface area contributed by atoms with E-state index in [1.807, 2.05) is 0 Å². The number of hydrogen-bond acceptors (Lipinski definition) is 7. The van der Waals surface area contributed by atoms with Crippen molar-refractivity contribution in [2.75, 3.05) is 33.4 Å². The number of aryl methyl sites for hydroxylation is 1. The second kappa shape index (κ2) is 11.8. The lowest BCUT2D eigenvalue weighted by molar-refractivity contribution is -0.142. The van der Waals surface area contributed by atoms with Crippen molar-refractivity contribution in [1.29, 1.82) is 0 Å². The Balaban J connectivity index is 1.49. The third kappa shape index (κ3) is 6.44. The van der Waals surface area contributed by atoms with Crippen LogP contribution < -0.4 is 16.0 Å². The van der Waals surface area contributed by atoms with Gasteiger partial charge in [0.25, 0.3) is 11.6 Å². The van der Waals surface area contributed by atoms with Crippen molar-refractivity contribution in [2.24, 2.45) is 5.92 Å². The van der Waals surface area contributed by atoms with Gasteiger partial charge < -0.3 is 14.4 Å². The van der Waals surface area contributed by atoms with Gasteiger partial charge in [0.15, 0.2) is 11.2 Å². The Morgan fingerprint density at radius 2 is 1.97 bits per heavy atom. The number of esters is 1. The minimum atomic E-state index is -0.399. The molecule has 2 N–H and O–H groups in total. The maximum absolute atomic E-state index is 12.4. The van der Waals surface area contributed by atoms with Crippen LogP contribution in [0.1, 0.15) is 58.3 Å². The number of hydrogen-bond donors (Lipinski definition) is 2. The number of carbonyl (C=O) groups excluding carboxylic acids is 1. The number of ether oxygens (including phenoxy) is 2. The Hall–Kier alpha value is -2.62. The number of rotatable bonds is 12. The predicted octanol–water partition coefficient (Wildman–Crippen LogP) is 2.04. The van der Waals surface area contributed by atoms with Crippen LogP contribution in [0.5, 0.6) is 6.01 Å². The Labute approximate surface area is 187 Å². The molecule has 2 aromatic heterocycles. The van der Waals surface area contributed by atoms with Gasteiger partial charge in [-0.05, 0) is 51.1 Å². The lowest BCUT2D eigenvalue weighted by Crippen LogP contribution is -2.37. The molecule has 0 aliphatic carbocycles. The van der Waals surface area contributed by atoms with E-state index in [2.05, 4.69) is 26.8 Å². The van der Waals surface area contributed by atoms with E-state index in [1.54, 1.807) is 0 Å². The van der Waals surface area contributed by atoms with Crippen LogP contribution in [-0.4, -0.2) is 63.7 Å². The zero-order valence-corrected chi connectivity index (χ0v) is 19.2. The minimum Gasteiger partial charge on any atom is -0.469 e. The highest BCUT2D eigenvalue weighted by atomic mass is 16.5. The number of imidazole rings is 1. The molecule has 0 spiro atoms. The van der Waals surface area contributed by atoms with E-state index < -0.39 is 5.56 Å². The number of nitrogens with zero attached hydrogens (tertiary/aromatic N) is 3. The summed E-state index contributed by atoms with van der Waals surface area (Å²) < 4.78 is 11.8. The van der Waals surface area contributed by atoms with Gasteiger partial charge in [0.05, 0.1) is 13.7 Å². The summed E-state index contributed by atoms with van der Waals surface area (Å²) in [5.74, 6) is 0.242. The number of unbranched alkanes of at least 4 members (excludes halogenated alkanes) is 3.